The molecule has 0 saturated carbocycles. The maximum absolute atomic E-state index is 12.7. The van der Waals surface area contributed by atoms with Gasteiger partial charge in [0.25, 0.3) is 5.91 Å². The first-order valence-corrected chi connectivity index (χ1v) is 14.4. The highest BCUT2D eigenvalue weighted by atomic mass is 32.2. The van der Waals surface area contributed by atoms with Crippen LogP contribution in [0.15, 0.2) is 53.6 Å². The number of aromatic nitrogens is 4. The molecule has 18 heteroatoms. The fourth-order valence-corrected chi connectivity index (χ4v) is 5.29. The standard InChI is InChI=1S/C26H28N10O7S/c27-14-5-8-19(17(10-14)24(38)39)44(42,43)32-9-1-2-18(25(40)41)34-23(37)13-3-6-15(7-4-13)30-11-16-12-31-22-20(33-16)21(28)35-26(29)36-22/h3-8,10,12,18,30,32H,1-2,9,11,27H2,(H,34,37)(H,38,39)(H,40,41)(H4,28,29,31,35,36). The Bertz CT molecular complexity index is 1840. The highest BCUT2D eigenvalue weighted by Crippen LogP contribution is 2.19. The van der Waals surface area contributed by atoms with Gasteiger partial charge in [0.15, 0.2) is 17.0 Å². The lowest BCUT2D eigenvalue weighted by Crippen LogP contribution is -2.41. The number of carbonyl (C=O) groups is 3. The van der Waals surface area contributed by atoms with Crippen LogP contribution in [-0.2, 0) is 21.4 Å². The number of aromatic carboxylic acids is 1. The topological polar surface area (TPSA) is 292 Å². The SMILES string of the molecule is Nc1ccc(S(=O)(=O)NCCCC(NC(=O)c2ccc(NCc3cnc4nc(N)nc(N)c4n3)cc2)C(=O)O)c(C(=O)O)c1. The van der Waals surface area contributed by atoms with Crippen LogP contribution in [0.25, 0.3) is 11.2 Å². The number of hydrogen-bond acceptors (Lipinski definition) is 13. The van der Waals surface area contributed by atoms with Crippen molar-refractivity contribution in [2.75, 3.05) is 29.1 Å². The maximum Gasteiger partial charge on any atom is 0.337 e. The summed E-state index contributed by atoms with van der Waals surface area (Å²) in [5, 5.41) is 24.4. The van der Waals surface area contributed by atoms with Crippen LogP contribution in [0.3, 0.4) is 0 Å². The van der Waals surface area contributed by atoms with E-state index in [0.29, 0.717) is 16.9 Å². The lowest BCUT2D eigenvalue weighted by molar-refractivity contribution is -0.139. The van der Waals surface area contributed by atoms with Gasteiger partial charge in [0.1, 0.15) is 6.04 Å². The molecule has 4 aromatic rings. The molecule has 44 heavy (non-hydrogen) atoms. The first-order chi connectivity index (χ1) is 20.8. The van der Waals surface area contributed by atoms with E-state index in [1.54, 1.807) is 12.1 Å². The van der Waals surface area contributed by atoms with Crippen LogP contribution in [0.4, 0.5) is 23.1 Å². The van der Waals surface area contributed by atoms with E-state index in [4.69, 9.17) is 17.2 Å². The second-order valence-corrected chi connectivity index (χ2v) is 11.1. The van der Waals surface area contributed by atoms with Gasteiger partial charge in [-0.1, -0.05) is 0 Å². The fraction of sp³-hybridized carbons (Fsp3) is 0.192. The number of carbonyl (C=O) groups excluding carboxylic acids is 1. The number of amides is 1. The Morgan fingerprint density at radius 3 is 2.36 bits per heavy atom. The molecule has 0 radical (unpaired) electrons. The number of nitrogens with zero attached hydrogens (tertiary/aromatic N) is 4. The van der Waals surface area contributed by atoms with Gasteiger partial charge in [-0.15, -0.1) is 0 Å². The number of nitrogens with one attached hydrogen (secondary N) is 3. The second-order valence-electron chi connectivity index (χ2n) is 9.40. The molecule has 17 nitrogen and oxygen atoms in total. The third-order valence-electron chi connectivity index (χ3n) is 6.21. The van der Waals surface area contributed by atoms with Crippen LogP contribution >= 0.6 is 0 Å². The van der Waals surface area contributed by atoms with E-state index in [-0.39, 0.29) is 54.6 Å². The van der Waals surface area contributed by atoms with Crippen LogP contribution in [0, 0.1) is 0 Å². The van der Waals surface area contributed by atoms with Gasteiger partial charge in [0.05, 0.1) is 28.9 Å². The Morgan fingerprint density at radius 2 is 1.68 bits per heavy atom. The molecule has 1 atom stereocenters. The summed E-state index contributed by atoms with van der Waals surface area (Å²) in [4.78, 5) is 51.8. The number of carboxylic acids is 2. The third-order valence-corrected chi connectivity index (χ3v) is 7.73. The number of carboxylic acid groups (broad SMARTS) is 2. The van der Waals surface area contributed by atoms with E-state index in [2.05, 4.69) is 35.3 Å². The third kappa shape index (κ3) is 7.61. The lowest BCUT2D eigenvalue weighted by Gasteiger charge is -2.15. The van der Waals surface area contributed by atoms with Gasteiger partial charge in [0.2, 0.25) is 16.0 Å². The number of aliphatic carboxylic acids is 1. The summed E-state index contributed by atoms with van der Waals surface area (Å²) in [5.74, 6) is -3.33. The van der Waals surface area contributed by atoms with E-state index in [0.717, 1.165) is 12.1 Å². The van der Waals surface area contributed by atoms with Gasteiger partial charge in [-0.25, -0.2) is 32.7 Å². The number of benzene rings is 2. The number of nitrogen functional groups attached to an aromatic ring is 3. The number of sulfonamides is 1. The van der Waals surface area contributed by atoms with Crippen molar-refractivity contribution in [2.24, 2.45) is 0 Å². The van der Waals surface area contributed by atoms with E-state index in [1.165, 1.54) is 24.4 Å². The number of fused-ring (bicyclic) bond motifs is 1. The molecule has 11 N–H and O–H groups in total. The molecular weight excluding hydrogens is 596 g/mol. The van der Waals surface area contributed by atoms with Crippen molar-refractivity contribution >= 4 is 62.2 Å². The summed E-state index contributed by atoms with van der Waals surface area (Å²) in [6.45, 7) is 0.0557. The molecule has 0 saturated heterocycles. The van der Waals surface area contributed by atoms with Crippen LogP contribution in [0.1, 0.15) is 39.3 Å². The van der Waals surface area contributed by atoms with E-state index < -0.39 is 44.4 Å². The highest BCUT2D eigenvalue weighted by Gasteiger charge is 2.24. The molecule has 0 fully saturated rings. The molecule has 0 aliphatic rings. The van der Waals surface area contributed by atoms with E-state index in [1.807, 2.05) is 0 Å². The number of anilines is 4. The summed E-state index contributed by atoms with van der Waals surface area (Å²) in [6, 6.07) is 8.28. The highest BCUT2D eigenvalue weighted by molar-refractivity contribution is 7.89. The molecule has 2 aromatic carbocycles. The van der Waals surface area contributed by atoms with Crippen molar-refractivity contribution in [3.05, 3.63) is 65.5 Å². The van der Waals surface area contributed by atoms with Crippen LogP contribution < -0.4 is 32.6 Å². The predicted molar refractivity (Wildman–Crippen MR) is 159 cm³/mol. The van der Waals surface area contributed by atoms with Crippen LogP contribution in [0.2, 0.25) is 0 Å². The molecule has 0 spiro atoms. The van der Waals surface area contributed by atoms with Crippen LogP contribution in [-0.4, -0.2) is 69.0 Å². The molecular formula is C26H28N10O7S. The molecule has 230 valence electrons. The molecule has 0 bridgehead atoms. The summed E-state index contributed by atoms with van der Waals surface area (Å²) in [7, 11) is -4.23. The predicted octanol–water partition coefficient (Wildman–Crippen LogP) is 0.418. The number of hydrogen-bond donors (Lipinski definition) is 8. The van der Waals surface area contributed by atoms with Crippen molar-refractivity contribution in [1.29, 1.82) is 0 Å². The van der Waals surface area contributed by atoms with Crippen LogP contribution in [0.5, 0.6) is 0 Å². The largest absolute Gasteiger partial charge is 0.480 e. The summed E-state index contributed by atoms with van der Waals surface area (Å²) in [5.41, 5.74) is 18.5. The molecule has 0 aliphatic carbocycles. The van der Waals surface area contributed by atoms with Crippen molar-refractivity contribution in [3.63, 3.8) is 0 Å². The van der Waals surface area contributed by atoms with Crippen molar-refractivity contribution in [2.45, 2.75) is 30.3 Å². The van der Waals surface area contributed by atoms with Crippen molar-refractivity contribution in [1.82, 2.24) is 30.0 Å². The average molecular weight is 625 g/mol. The minimum atomic E-state index is -4.23. The summed E-state index contributed by atoms with van der Waals surface area (Å²) >= 11 is 0. The maximum atomic E-state index is 12.7. The van der Waals surface area contributed by atoms with Gasteiger partial charge in [-0.2, -0.15) is 9.97 Å². The number of rotatable bonds is 13. The zero-order valence-electron chi connectivity index (χ0n) is 22.9. The minimum absolute atomic E-state index is 0.00974. The lowest BCUT2D eigenvalue weighted by atomic mass is 10.1. The molecule has 2 heterocycles. The van der Waals surface area contributed by atoms with E-state index >= 15 is 0 Å². The van der Waals surface area contributed by atoms with Gasteiger partial charge >= 0.3 is 11.9 Å². The Kier molecular flexibility index (Phi) is 9.35. The molecule has 2 aromatic heterocycles. The Labute approximate surface area is 250 Å². The Morgan fingerprint density at radius 1 is 0.955 bits per heavy atom. The van der Waals surface area contributed by atoms with E-state index in [9.17, 15) is 33.0 Å². The first-order valence-electron chi connectivity index (χ1n) is 12.9. The van der Waals surface area contributed by atoms with Crippen molar-refractivity contribution in [3.8, 4) is 0 Å². The number of nitrogens with two attached hydrogens (primary N) is 3. The van der Waals surface area contributed by atoms with Gasteiger partial charge in [-0.3, -0.25) is 4.79 Å². The minimum Gasteiger partial charge on any atom is -0.480 e. The summed E-state index contributed by atoms with van der Waals surface area (Å²) < 4.78 is 27.5. The normalized spacial score (nSPS) is 12.0. The van der Waals surface area contributed by atoms with Gasteiger partial charge < -0.3 is 38.0 Å². The van der Waals surface area contributed by atoms with Gasteiger partial charge in [0, 0.05) is 23.5 Å². The molecule has 0 aliphatic heterocycles. The smallest absolute Gasteiger partial charge is 0.337 e. The fourth-order valence-electron chi connectivity index (χ4n) is 4.04. The Balaban J connectivity index is 1.30. The molecule has 1 amide bonds. The van der Waals surface area contributed by atoms with Crippen molar-refractivity contribution < 1.29 is 33.0 Å². The zero-order chi connectivity index (χ0) is 32.0. The average Bonchev–Trinajstić information content (AvgIpc) is 2.97. The summed E-state index contributed by atoms with van der Waals surface area (Å²) in [6.07, 6.45) is 1.43. The second kappa shape index (κ2) is 13.1. The zero-order valence-corrected chi connectivity index (χ0v) is 23.7. The Hall–Kier alpha value is -5.62. The van der Waals surface area contributed by atoms with Gasteiger partial charge in [-0.05, 0) is 55.3 Å². The molecule has 4 rings (SSSR count). The quantitative estimate of drug-likeness (QED) is 0.0738. The monoisotopic (exact) mass is 624 g/mol. The molecule has 1 unspecified atom stereocenters. The first kappa shape index (κ1) is 31.3.